The first-order valence-electron chi connectivity index (χ1n) is 4.54. The van der Waals surface area contributed by atoms with Crippen molar-refractivity contribution in [2.24, 2.45) is 0 Å². The third-order valence-electron chi connectivity index (χ3n) is 1.79. The average Bonchev–Trinajstić information content (AvgIpc) is 2.47. The van der Waals surface area contributed by atoms with Gasteiger partial charge >= 0.3 is 0 Å². The van der Waals surface area contributed by atoms with Gasteiger partial charge in [0, 0.05) is 11.7 Å². The Bertz CT molecular complexity index is 499. The molecular weight excluding hydrogens is 164 g/mol. The number of H-pyrrole nitrogens is 1. The standard InChI is InChI=1S/C10H10N2O/c1-8-7-10(13)12(11-8)9-5-3-2-4-6-9/h2-7,11H,1H3/i7D. The Balaban J connectivity index is 2.64. The zero-order chi connectivity index (χ0) is 10.1. The topological polar surface area (TPSA) is 37.8 Å². The summed E-state index contributed by atoms with van der Waals surface area (Å²) in [5.41, 5.74) is 1.02. The van der Waals surface area contributed by atoms with Crippen LogP contribution in [0, 0.1) is 6.92 Å². The summed E-state index contributed by atoms with van der Waals surface area (Å²) in [4.78, 5) is 11.5. The van der Waals surface area contributed by atoms with Crippen molar-refractivity contribution in [1.29, 1.82) is 0 Å². The van der Waals surface area contributed by atoms with Crippen LogP contribution in [0.15, 0.2) is 41.2 Å². The van der Waals surface area contributed by atoms with E-state index in [0.29, 0.717) is 5.69 Å². The molecule has 0 unspecified atom stereocenters. The van der Waals surface area contributed by atoms with Gasteiger partial charge < -0.3 is 0 Å². The van der Waals surface area contributed by atoms with Gasteiger partial charge in [-0.1, -0.05) is 18.2 Å². The molecule has 66 valence electrons. The first-order valence-corrected chi connectivity index (χ1v) is 4.04. The van der Waals surface area contributed by atoms with Crippen LogP contribution in [0.2, 0.25) is 0 Å². The van der Waals surface area contributed by atoms with E-state index in [-0.39, 0.29) is 11.6 Å². The van der Waals surface area contributed by atoms with E-state index in [4.69, 9.17) is 1.37 Å². The summed E-state index contributed by atoms with van der Waals surface area (Å²) in [5.74, 6) is 0. The van der Waals surface area contributed by atoms with Crippen molar-refractivity contribution in [2.75, 3.05) is 0 Å². The van der Waals surface area contributed by atoms with Crippen LogP contribution in [0.5, 0.6) is 0 Å². The second-order valence-corrected chi connectivity index (χ2v) is 2.84. The number of aryl methyl sites for hydroxylation is 1. The number of hydrogen-bond acceptors (Lipinski definition) is 1. The molecule has 0 aliphatic rings. The highest BCUT2D eigenvalue weighted by Crippen LogP contribution is 2.02. The summed E-state index contributed by atoms with van der Waals surface area (Å²) in [7, 11) is 0. The Morgan fingerprint density at radius 1 is 1.38 bits per heavy atom. The largest absolute Gasteiger partial charge is 0.295 e. The van der Waals surface area contributed by atoms with Gasteiger partial charge in [0.2, 0.25) is 0 Å². The molecule has 0 fully saturated rings. The third kappa shape index (κ3) is 1.40. The molecule has 13 heavy (non-hydrogen) atoms. The lowest BCUT2D eigenvalue weighted by atomic mass is 10.3. The number of para-hydroxylation sites is 1. The second kappa shape index (κ2) is 2.94. The molecule has 0 amide bonds. The fraction of sp³-hybridized carbons (Fsp3) is 0.100. The van der Waals surface area contributed by atoms with Crippen LogP contribution in [-0.4, -0.2) is 9.78 Å². The molecular formula is C10H10N2O. The van der Waals surface area contributed by atoms with Gasteiger partial charge in [-0.2, -0.15) is 0 Å². The number of aromatic amines is 1. The van der Waals surface area contributed by atoms with Crippen molar-refractivity contribution in [1.82, 2.24) is 9.78 Å². The van der Waals surface area contributed by atoms with Crippen molar-refractivity contribution >= 4 is 0 Å². The Morgan fingerprint density at radius 3 is 2.62 bits per heavy atom. The van der Waals surface area contributed by atoms with E-state index in [1.165, 1.54) is 4.68 Å². The van der Waals surface area contributed by atoms with E-state index in [9.17, 15) is 4.79 Å². The average molecular weight is 175 g/mol. The zero-order valence-corrected chi connectivity index (χ0v) is 7.24. The molecule has 0 atom stereocenters. The molecule has 0 aliphatic carbocycles. The molecule has 0 radical (unpaired) electrons. The van der Waals surface area contributed by atoms with E-state index in [1.807, 2.05) is 30.3 Å². The van der Waals surface area contributed by atoms with Gasteiger partial charge in [-0.15, -0.1) is 0 Å². The highest BCUT2D eigenvalue weighted by atomic mass is 16.1. The predicted molar refractivity (Wildman–Crippen MR) is 51.1 cm³/mol. The molecule has 3 heteroatoms. The highest BCUT2D eigenvalue weighted by molar-refractivity contribution is 5.30. The molecule has 1 N–H and O–H groups in total. The van der Waals surface area contributed by atoms with Crippen LogP contribution in [0.3, 0.4) is 0 Å². The van der Waals surface area contributed by atoms with E-state index >= 15 is 0 Å². The molecule has 0 saturated carbocycles. The van der Waals surface area contributed by atoms with E-state index in [0.717, 1.165) is 5.69 Å². The fourth-order valence-electron chi connectivity index (χ4n) is 1.22. The van der Waals surface area contributed by atoms with Crippen LogP contribution < -0.4 is 5.56 Å². The fourth-order valence-corrected chi connectivity index (χ4v) is 1.22. The normalized spacial score (nSPS) is 11.3. The van der Waals surface area contributed by atoms with Crippen molar-refractivity contribution in [2.45, 2.75) is 6.92 Å². The van der Waals surface area contributed by atoms with Gasteiger partial charge in [0.05, 0.1) is 7.06 Å². The summed E-state index contributed by atoms with van der Waals surface area (Å²) in [6, 6.07) is 9.23. The first kappa shape index (κ1) is 6.71. The molecule has 0 spiro atoms. The monoisotopic (exact) mass is 175 g/mol. The molecule has 1 aromatic heterocycles. The maximum absolute atomic E-state index is 11.5. The number of nitrogens with zero attached hydrogens (tertiary/aromatic N) is 1. The van der Waals surface area contributed by atoms with Gasteiger partial charge in [-0.25, -0.2) is 4.68 Å². The van der Waals surface area contributed by atoms with Gasteiger partial charge in [0.25, 0.3) is 5.56 Å². The smallest absolute Gasteiger partial charge is 0.271 e. The number of benzene rings is 1. The number of rotatable bonds is 1. The first-order chi connectivity index (χ1) is 6.70. The molecule has 2 rings (SSSR count). The lowest BCUT2D eigenvalue weighted by Crippen LogP contribution is -2.12. The van der Waals surface area contributed by atoms with Crippen molar-refractivity contribution in [3.8, 4) is 5.69 Å². The second-order valence-electron chi connectivity index (χ2n) is 2.84. The third-order valence-corrected chi connectivity index (χ3v) is 1.79. The van der Waals surface area contributed by atoms with Gasteiger partial charge in [-0.3, -0.25) is 9.89 Å². The van der Waals surface area contributed by atoms with Crippen LogP contribution >= 0.6 is 0 Å². The Labute approximate surface area is 77.0 Å². The summed E-state index contributed by atoms with van der Waals surface area (Å²) in [6.07, 6.45) is 0. The van der Waals surface area contributed by atoms with Crippen LogP contribution in [0.1, 0.15) is 7.06 Å². The molecule has 1 heterocycles. The maximum atomic E-state index is 11.5. The molecule has 0 bridgehead atoms. The van der Waals surface area contributed by atoms with Gasteiger partial charge in [0.1, 0.15) is 0 Å². The summed E-state index contributed by atoms with van der Waals surface area (Å²) < 4.78 is 8.82. The molecule has 0 aliphatic heterocycles. The van der Waals surface area contributed by atoms with Crippen LogP contribution in [0.4, 0.5) is 0 Å². The van der Waals surface area contributed by atoms with E-state index in [1.54, 1.807) is 6.92 Å². The summed E-state index contributed by atoms with van der Waals surface area (Å²) in [5, 5.41) is 2.85. The van der Waals surface area contributed by atoms with Crippen molar-refractivity contribution in [3.05, 3.63) is 52.4 Å². The molecule has 1 aromatic carbocycles. The van der Waals surface area contributed by atoms with E-state index < -0.39 is 0 Å². The Kier molecular flexibility index (Phi) is 1.52. The van der Waals surface area contributed by atoms with Crippen LogP contribution in [0.25, 0.3) is 5.69 Å². The number of nitrogens with one attached hydrogen (secondary N) is 1. The maximum Gasteiger partial charge on any atom is 0.271 e. The number of hydrogen-bond donors (Lipinski definition) is 1. The van der Waals surface area contributed by atoms with Crippen molar-refractivity contribution in [3.63, 3.8) is 0 Å². The molecule has 0 saturated heterocycles. The molecule has 2 aromatic rings. The van der Waals surface area contributed by atoms with E-state index in [2.05, 4.69) is 5.10 Å². The predicted octanol–water partition coefficient (Wildman–Crippen LogP) is 1.47. The van der Waals surface area contributed by atoms with Gasteiger partial charge in [0.15, 0.2) is 0 Å². The van der Waals surface area contributed by atoms with Crippen LogP contribution in [-0.2, 0) is 0 Å². The summed E-state index contributed by atoms with van der Waals surface area (Å²) >= 11 is 0. The minimum atomic E-state index is -0.311. The van der Waals surface area contributed by atoms with Gasteiger partial charge in [-0.05, 0) is 19.1 Å². The summed E-state index contributed by atoms with van der Waals surface area (Å²) in [6.45, 7) is 1.71. The lowest BCUT2D eigenvalue weighted by molar-refractivity contribution is 0.835. The highest BCUT2D eigenvalue weighted by Gasteiger charge is 1.99. The lowest BCUT2D eigenvalue weighted by Gasteiger charge is -1.99. The molecule has 3 nitrogen and oxygen atoms in total. The zero-order valence-electron chi connectivity index (χ0n) is 8.24. The van der Waals surface area contributed by atoms with Crippen molar-refractivity contribution < 1.29 is 1.37 Å². The minimum Gasteiger partial charge on any atom is -0.295 e. The minimum absolute atomic E-state index is 0.0221. The Morgan fingerprint density at radius 2 is 2.08 bits per heavy atom. The SMILES string of the molecule is [2H]c1c(C)[nH]n(-c2ccccc2)c1=O. The quantitative estimate of drug-likeness (QED) is 0.700. The number of aromatic nitrogens is 2. The Hall–Kier alpha value is -1.77.